The van der Waals surface area contributed by atoms with Crippen molar-refractivity contribution in [3.63, 3.8) is 0 Å². The molecule has 0 aliphatic heterocycles. The molecule has 2 rings (SSSR count). The maximum atomic E-state index is 5.69. The van der Waals surface area contributed by atoms with Crippen molar-refractivity contribution in [3.05, 3.63) is 41.2 Å². The van der Waals surface area contributed by atoms with E-state index in [1.807, 2.05) is 19.1 Å². The van der Waals surface area contributed by atoms with Gasteiger partial charge in [-0.05, 0) is 29.6 Å². The Kier molecular flexibility index (Phi) is 3.93. The van der Waals surface area contributed by atoms with E-state index < -0.39 is 0 Å². The third-order valence-electron chi connectivity index (χ3n) is 2.20. The van der Waals surface area contributed by atoms with Gasteiger partial charge in [-0.2, -0.15) is 4.37 Å². The highest BCUT2D eigenvalue weighted by molar-refractivity contribution is 8.00. The summed E-state index contributed by atoms with van der Waals surface area (Å²) in [7, 11) is 0. The first-order valence-corrected chi connectivity index (χ1v) is 6.75. The van der Waals surface area contributed by atoms with Gasteiger partial charge in [0.2, 0.25) is 0 Å². The number of rotatable bonds is 4. The first-order valence-electron chi connectivity index (χ1n) is 4.99. The molecule has 0 fully saturated rings. The Labute approximate surface area is 103 Å². The Balaban J connectivity index is 2.04. The minimum atomic E-state index is 0.589. The second kappa shape index (κ2) is 5.43. The van der Waals surface area contributed by atoms with E-state index in [4.69, 9.17) is 5.73 Å². The van der Waals surface area contributed by atoms with Crippen molar-refractivity contribution in [2.45, 2.75) is 23.6 Å². The molecule has 0 unspecified atom stereocenters. The molecule has 0 aliphatic carbocycles. The molecule has 84 valence electrons. The SMILES string of the molecule is Cc1nsc(SCc2ccccc2CN)n1. The average molecular weight is 251 g/mol. The number of benzene rings is 1. The van der Waals surface area contributed by atoms with Crippen molar-refractivity contribution in [1.82, 2.24) is 9.36 Å². The van der Waals surface area contributed by atoms with Crippen molar-refractivity contribution < 1.29 is 0 Å². The molecule has 0 saturated heterocycles. The minimum absolute atomic E-state index is 0.589. The van der Waals surface area contributed by atoms with Crippen LogP contribution < -0.4 is 5.73 Å². The van der Waals surface area contributed by atoms with Gasteiger partial charge in [0.05, 0.1) is 0 Å². The van der Waals surface area contributed by atoms with Crippen LogP contribution in [0.1, 0.15) is 17.0 Å². The summed E-state index contributed by atoms with van der Waals surface area (Å²) in [5.74, 6) is 1.75. The Hall–Kier alpha value is -0.910. The Morgan fingerprint density at radius 1 is 1.31 bits per heavy atom. The van der Waals surface area contributed by atoms with Gasteiger partial charge in [-0.25, -0.2) is 4.98 Å². The van der Waals surface area contributed by atoms with Gasteiger partial charge in [-0.1, -0.05) is 36.0 Å². The maximum Gasteiger partial charge on any atom is 0.170 e. The fourth-order valence-electron chi connectivity index (χ4n) is 1.37. The lowest BCUT2D eigenvalue weighted by Crippen LogP contribution is -2.00. The number of hydrogen-bond acceptors (Lipinski definition) is 5. The van der Waals surface area contributed by atoms with Crippen molar-refractivity contribution >= 4 is 23.3 Å². The number of hydrogen-bond donors (Lipinski definition) is 1. The van der Waals surface area contributed by atoms with E-state index in [1.54, 1.807) is 11.8 Å². The zero-order valence-electron chi connectivity index (χ0n) is 9.01. The molecule has 1 heterocycles. The average Bonchev–Trinajstić information content (AvgIpc) is 2.73. The normalized spacial score (nSPS) is 10.6. The lowest BCUT2D eigenvalue weighted by molar-refractivity contribution is 1.04. The van der Waals surface area contributed by atoms with E-state index >= 15 is 0 Å². The highest BCUT2D eigenvalue weighted by Gasteiger charge is 2.04. The second-order valence-corrected chi connectivity index (χ2v) is 5.34. The number of thioether (sulfide) groups is 1. The van der Waals surface area contributed by atoms with Crippen molar-refractivity contribution in [3.8, 4) is 0 Å². The van der Waals surface area contributed by atoms with Crippen LogP contribution in [0.5, 0.6) is 0 Å². The van der Waals surface area contributed by atoms with Gasteiger partial charge in [0.1, 0.15) is 5.82 Å². The Bertz CT molecular complexity index is 468. The van der Waals surface area contributed by atoms with Crippen LogP contribution in [0.2, 0.25) is 0 Å². The summed E-state index contributed by atoms with van der Waals surface area (Å²) in [6, 6.07) is 8.25. The summed E-state index contributed by atoms with van der Waals surface area (Å²) in [5, 5.41) is 0. The topological polar surface area (TPSA) is 51.8 Å². The second-order valence-electron chi connectivity index (χ2n) is 3.37. The lowest BCUT2D eigenvalue weighted by Gasteiger charge is -2.05. The molecule has 0 aliphatic rings. The van der Waals surface area contributed by atoms with E-state index in [-0.39, 0.29) is 0 Å². The summed E-state index contributed by atoms with van der Waals surface area (Å²) >= 11 is 3.17. The Morgan fingerprint density at radius 2 is 2.06 bits per heavy atom. The predicted molar refractivity (Wildman–Crippen MR) is 68.5 cm³/mol. The van der Waals surface area contributed by atoms with Crippen molar-refractivity contribution in [2.24, 2.45) is 5.73 Å². The summed E-state index contributed by atoms with van der Waals surface area (Å²) in [4.78, 5) is 4.32. The quantitative estimate of drug-likeness (QED) is 0.849. The summed E-state index contributed by atoms with van der Waals surface area (Å²) in [6.07, 6.45) is 0. The lowest BCUT2D eigenvalue weighted by atomic mass is 10.1. The van der Waals surface area contributed by atoms with Crippen LogP contribution in [0.4, 0.5) is 0 Å². The van der Waals surface area contributed by atoms with Gasteiger partial charge in [0.15, 0.2) is 4.34 Å². The smallest absolute Gasteiger partial charge is 0.170 e. The fraction of sp³-hybridized carbons (Fsp3) is 0.273. The molecule has 0 bridgehead atoms. The summed E-state index contributed by atoms with van der Waals surface area (Å²) in [5.41, 5.74) is 8.17. The summed E-state index contributed by atoms with van der Waals surface area (Å²) in [6.45, 7) is 2.50. The van der Waals surface area contributed by atoms with Gasteiger partial charge in [-0.3, -0.25) is 0 Å². The molecule has 0 amide bonds. The number of aryl methyl sites for hydroxylation is 1. The van der Waals surface area contributed by atoms with Crippen LogP contribution in [-0.2, 0) is 12.3 Å². The van der Waals surface area contributed by atoms with Crippen LogP contribution in [0.25, 0.3) is 0 Å². The van der Waals surface area contributed by atoms with Crippen molar-refractivity contribution in [2.75, 3.05) is 0 Å². The molecule has 0 atom stereocenters. The fourth-order valence-corrected chi connectivity index (χ4v) is 3.05. The number of nitrogens with two attached hydrogens (primary N) is 1. The van der Waals surface area contributed by atoms with E-state index in [2.05, 4.69) is 21.5 Å². The molecule has 0 spiro atoms. The molecule has 3 nitrogen and oxygen atoms in total. The third-order valence-corrected chi connectivity index (χ3v) is 4.17. The molecule has 1 aromatic heterocycles. The maximum absolute atomic E-state index is 5.69. The van der Waals surface area contributed by atoms with E-state index in [0.717, 1.165) is 15.9 Å². The van der Waals surface area contributed by atoms with E-state index in [9.17, 15) is 0 Å². The molecule has 0 radical (unpaired) electrons. The molecule has 0 saturated carbocycles. The first-order chi connectivity index (χ1) is 7.79. The molecule has 1 aromatic carbocycles. The van der Waals surface area contributed by atoms with Crippen LogP contribution in [0.15, 0.2) is 28.6 Å². The van der Waals surface area contributed by atoms with Gasteiger partial charge < -0.3 is 5.73 Å². The molecule has 2 aromatic rings. The number of aromatic nitrogens is 2. The standard InChI is InChI=1S/C11H13N3S2/c1-8-13-11(16-14-8)15-7-10-5-3-2-4-9(10)6-12/h2-5H,6-7,12H2,1H3. The van der Waals surface area contributed by atoms with Crippen LogP contribution in [0, 0.1) is 6.92 Å². The van der Waals surface area contributed by atoms with Gasteiger partial charge in [0.25, 0.3) is 0 Å². The van der Waals surface area contributed by atoms with Gasteiger partial charge in [-0.15, -0.1) is 0 Å². The largest absolute Gasteiger partial charge is 0.326 e. The first kappa shape index (κ1) is 11.6. The van der Waals surface area contributed by atoms with Gasteiger partial charge >= 0.3 is 0 Å². The van der Waals surface area contributed by atoms with Crippen LogP contribution in [0.3, 0.4) is 0 Å². The van der Waals surface area contributed by atoms with Gasteiger partial charge in [0, 0.05) is 12.3 Å². The monoisotopic (exact) mass is 251 g/mol. The highest BCUT2D eigenvalue weighted by atomic mass is 32.2. The number of nitrogens with zero attached hydrogens (tertiary/aromatic N) is 2. The van der Waals surface area contributed by atoms with Crippen molar-refractivity contribution in [1.29, 1.82) is 0 Å². The zero-order valence-corrected chi connectivity index (χ0v) is 10.6. The minimum Gasteiger partial charge on any atom is -0.326 e. The van der Waals surface area contributed by atoms with E-state index in [0.29, 0.717) is 6.54 Å². The Morgan fingerprint density at radius 3 is 2.69 bits per heavy atom. The van der Waals surface area contributed by atoms with Crippen LogP contribution >= 0.6 is 23.3 Å². The third kappa shape index (κ3) is 2.81. The molecule has 2 N–H and O–H groups in total. The van der Waals surface area contributed by atoms with Crippen LogP contribution in [-0.4, -0.2) is 9.36 Å². The molecule has 5 heteroatoms. The molecular formula is C11H13N3S2. The van der Waals surface area contributed by atoms with E-state index in [1.165, 1.54) is 22.7 Å². The predicted octanol–water partition coefficient (Wildman–Crippen LogP) is 2.60. The molecular weight excluding hydrogens is 238 g/mol. The summed E-state index contributed by atoms with van der Waals surface area (Å²) < 4.78 is 5.17. The highest BCUT2D eigenvalue weighted by Crippen LogP contribution is 2.25. The molecule has 16 heavy (non-hydrogen) atoms. The zero-order chi connectivity index (χ0) is 11.4.